The van der Waals surface area contributed by atoms with Crippen molar-refractivity contribution >= 4 is 0 Å². The molecule has 1 atom stereocenters. The summed E-state index contributed by atoms with van der Waals surface area (Å²) < 4.78 is 22.2. The standard InChI is InChI=1S/C14H24O4/c1-3-8-15-11-13(12-16-9-4-2)18-14-7-5-6-10-17-14/h3-4,13-14H,1-2,5-12H2. The molecular formula is C14H24O4. The largest absolute Gasteiger partial charge is 0.375 e. The minimum absolute atomic E-state index is 0.104. The van der Waals surface area contributed by atoms with Crippen LogP contribution in [0.4, 0.5) is 0 Å². The maximum absolute atomic E-state index is 5.84. The molecule has 0 radical (unpaired) electrons. The van der Waals surface area contributed by atoms with Gasteiger partial charge < -0.3 is 18.9 Å². The van der Waals surface area contributed by atoms with Gasteiger partial charge in [-0.3, -0.25) is 0 Å². The molecule has 104 valence electrons. The molecule has 0 aliphatic carbocycles. The molecule has 0 N–H and O–H groups in total. The fourth-order valence-corrected chi connectivity index (χ4v) is 1.73. The maximum Gasteiger partial charge on any atom is 0.158 e. The Morgan fingerprint density at radius 2 is 1.78 bits per heavy atom. The zero-order valence-electron chi connectivity index (χ0n) is 11.0. The number of hydrogen-bond acceptors (Lipinski definition) is 4. The van der Waals surface area contributed by atoms with E-state index in [9.17, 15) is 0 Å². The Labute approximate surface area is 110 Å². The molecule has 1 fully saturated rings. The van der Waals surface area contributed by atoms with Crippen LogP contribution in [0.25, 0.3) is 0 Å². The maximum atomic E-state index is 5.84. The van der Waals surface area contributed by atoms with Crippen molar-refractivity contribution in [2.75, 3.05) is 33.0 Å². The lowest BCUT2D eigenvalue weighted by atomic mass is 10.2. The van der Waals surface area contributed by atoms with Gasteiger partial charge in [-0.1, -0.05) is 12.2 Å². The molecule has 0 aromatic rings. The molecule has 0 amide bonds. The van der Waals surface area contributed by atoms with Gasteiger partial charge in [-0.25, -0.2) is 0 Å². The van der Waals surface area contributed by atoms with Gasteiger partial charge in [-0.05, 0) is 19.3 Å². The molecular weight excluding hydrogens is 232 g/mol. The summed E-state index contributed by atoms with van der Waals surface area (Å²) in [6, 6.07) is 0. The van der Waals surface area contributed by atoms with Crippen molar-refractivity contribution in [2.45, 2.75) is 31.7 Å². The summed E-state index contributed by atoms with van der Waals surface area (Å²) in [7, 11) is 0. The van der Waals surface area contributed by atoms with E-state index < -0.39 is 0 Å². The molecule has 1 unspecified atom stereocenters. The Balaban J connectivity index is 2.26. The average Bonchev–Trinajstić information content (AvgIpc) is 2.40. The Hall–Kier alpha value is -0.680. The third kappa shape index (κ3) is 6.91. The smallest absolute Gasteiger partial charge is 0.158 e. The number of hydrogen-bond donors (Lipinski definition) is 0. The van der Waals surface area contributed by atoms with E-state index in [1.54, 1.807) is 12.2 Å². The van der Waals surface area contributed by atoms with Crippen LogP contribution >= 0.6 is 0 Å². The number of ether oxygens (including phenoxy) is 4. The van der Waals surface area contributed by atoms with Gasteiger partial charge >= 0.3 is 0 Å². The molecule has 4 nitrogen and oxygen atoms in total. The molecule has 1 aliphatic rings. The van der Waals surface area contributed by atoms with E-state index in [1.807, 2.05) is 0 Å². The van der Waals surface area contributed by atoms with Crippen LogP contribution in [0, 0.1) is 0 Å². The van der Waals surface area contributed by atoms with Crippen molar-refractivity contribution in [3.63, 3.8) is 0 Å². The predicted octanol–water partition coefficient (Wildman–Crippen LogP) is 2.30. The summed E-state index contributed by atoms with van der Waals surface area (Å²) >= 11 is 0. The SMILES string of the molecule is C=CCOCC(COCC=C)OC1CCCCO1. The highest BCUT2D eigenvalue weighted by Crippen LogP contribution is 2.15. The molecule has 1 aliphatic heterocycles. The Morgan fingerprint density at radius 1 is 1.11 bits per heavy atom. The lowest BCUT2D eigenvalue weighted by Gasteiger charge is -2.27. The molecule has 0 spiro atoms. The van der Waals surface area contributed by atoms with Gasteiger partial charge in [0.1, 0.15) is 6.10 Å². The second kappa shape index (κ2) is 10.3. The third-order valence-corrected chi connectivity index (χ3v) is 2.56. The summed E-state index contributed by atoms with van der Waals surface area (Å²) in [6.07, 6.45) is 6.43. The molecule has 0 bridgehead atoms. The first-order chi connectivity index (χ1) is 8.86. The minimum atomic E-state index is -0.122. The van der Waals surface area contributed by atoms with Crippen LogP contribution in [0.2, 0.25) is 0 Å². The Bertz CT molecular complexity index is 210. The van der Waals surface area contributed by atoms with E-state index in [1.165, 1.54) is 0 Å². The van der Waals surface area contributed by atoms with Crippen molar-refractivity contribution in [1.82, 2.24) is 0 Å². The van der Waals surface area contributed by atoms with Crippen LogP contribution in [-0.2, 0) is 18.9 Å². The first kappa shape index (κ1) is 15.4. The molecule has 0 aromatic carbocycles. The predicted molar refractivity (Wildman–Crippen MR) is 70.5 cm³/mol. The van der Waals surface area contributed by atoms with Gasteiger partial charge in [-0.15, -0.1) is 13.2 Å². The highest BCUT2D eigenvalue weighted by atomic mass is 16.7. The topological polar surface area (TPSA) is 36.9 Å². The van der Waals surface area contributed by atoms with Gasteiger partial charge in [0.25, 0.3) is 0 Å². The highest BCUT2D eigenvalue weighted by Gasteiger charge is 2.20. The van der Waals surface area contributed by atoms with Crippen LogP contribution in [0.15, 0.2) is 25.3 Å². The zero-order chi connectivity index (χ0) is 13.1. The second-order valence-electron chi connectivity index (χ2n) is 4.21. The Kier molecular flexibility index (Phi) is 8.77. The molecule has 1 heterocycles. The molecule has 18 heavy (non-hydrogen) atoms. The molecule has 1 saturated heterocycles. The fraction of sp³-hybridized carbons (Fsp3) is 0.714. The lowest BCUT2D eigenvalue weighted by Crippen LogP contribution is -2.33. The van der Waals surface area contributed by atoms with E-state index in [0.717, 1.165) is 25.9 Å². The van der Waals surface area contributed by atoms with E-state index in [0.29, 0.717) is 26.4 Å². The highest BCUT2D eigenvalue weighted by molar-refractivity contribution is 4.68. The summed E-state index contributed by atoms with van der Waals surface area (Å²) in [6.45, 7) is 10.0. The van der Waals surface area contributed by atoms with Gasteiger partial charge in [0.15, 0.2) is 6.29 Å². The summed E-state index contributed by atoms with van der Waals surface area (Å²) in [4.78, 5) is 0. The second-order valence-corrected chi connectivity index (χ2v) is 4.21. The van der Waals surface area contributed by atoms with Gasteiger partial charge in [0, 0.05) is 6.61 Å². The van der Waals surface area contributed by atoms with Crippen molar-refractivity contribution < 1.29 is 18.9 Å². The lowest BCUT2D eigenvalue weighted by molar-refractivity contribution is -0.206. The van der Waals surface area contributed by atoms with E-state index in [2.05, 4.69) is 13.2 Å². The minimum Gasteiger partial charge on any atom is -0.375 e. The van der Waals surface area contributed by atoms with E-state index in [4.69, 9.17) is 18.9 Å². The quantitative estimate of drug-likeness (QED) is 0.444. The van der Waals surface area contributed by atoms with Gasteiger partial charge in [0.2, 0.25) is 0 Å². The first-order valence-electron chi connectivity index (χ1n) is 6.51. The van der Waals surface area contributed by atoms with Crippen molar-refractivity contribution in [3.8, 4) is 0 Å². The van der Waals surface area contributed by atoms with Crippen LogP contribution < -0.4 is 0 Å². The van der Waals surface area contributed by atoms with E-state index in [-0.39, 0.29) is 12.4 Å². The van der Waals surface area contributed by atoms with Crippen molar-refractivity contribution in [3.05, 3.63) is 25.3 Å². The summed E-state index contributed by atoms with van der Waals surface area (Å²) in [5, 5.41) is 0. The van der Waals surface area contributed by atoms with E-state index >= 15 is 0 Å². The average molecular weight is 256 g/mol. The van der Waals surface area contributed by atoms with Gasteiger partial charge in [0.05, 0.1) is 26.4 Å². The van der Waals surface area contributed by atoms with Crippen molar-refractivity contribution in [2.24, 2.45) is 0 Å². The summed E-state index contributed by atoms with van der Waals surface area (Å²) in [5.41, 5.74) is 0. The van der Waals surface area contributed by atoms with Crippen LogP contribution in [0.1, 0.15) is 19.3 Å². The molecule has 4 heteroatoms. The van der Waals surface area contributed by atoms with Gasteiger partial charge in [-0.2, -0.15) is 0 Å². The molecule has 1 rings (SSSR count). The van der Waals surface area contributed by atoms with Crippen LogP contribution in [0.5, 0.6) is 0 Å². The normalized spacial score (nSPS) is 19.9. The van der Waals surface area contributed by atoms with Crippen LogP contribution in [-0.4, -0.2) is 45.4 Å². The molecule has 0 aromatic heterocycles. The number of rotatable bonds is 10. The zero-order valence-corrected chi connectivity index (χ0v) is 11.0. The third-order valence-electron chi connectivity index (χ3n) is 2.56. The summed E-state index contributed by atoms with van der Waals surface area (Å²) in [5.74, 6) is 0. The monoisotopic (exact) mass is 256 g/mol. The van der Waals surface area contributed by atoms with Crippen LogP contribution in [0.3, 0.4) is 0 Å². The molecule has 0 saturated carbocycles. The fourth-order valence-electron chi connectivity index (χ4n) is 1.73. The Morgan fingerprint density at radius 3 is 2.28 bits per heavy atom. The first-order valence-corrected chi connectivity index (χ1v) is 6.51. The van der Waals surface area contributed by atoms with Crippen molar-refractivity contribution in [1.29, 1.82) is 0 Å².